The predicted molar refractivity (Wildman–Crippen MR) is 69.7 cm³/mol. The molecule has 0 saturated carbocycles. The number of hydrogen-bond donors (Lipinski definition) is 1. The summed E-state index contributed by atoms with van der Waals surface area (Å²) in [6.07, 6.45) is 6.26. The third-order valence-electron chi connectivity index (χ3n) is 2.50. The van der Waals surface area contributed by atoms with Crippen molar-refractivity contribution in [1.82, 2.24) is 20.3 Å². The van der Waals surface area contributed by atoms with E-state index in [1.807, 2.05) is 22.6 Å². The molecular weight excluding hydrogens is 220 g/mol. The summed E-state index contributed by atoms with van der Waals surface area (Å²) in [6.45, 7) is 6.24. The highest BCUT2D eigenvalue weighted by Gasteiger charge is 2.15. The average Bonchev–Trinajstić information content (AvgIpc) is 2.73. The Labute approximate surface area is 102 Å². The normalized spacial score (nSPS) is 12.9. The van der Waals surface area contributed by atoms with Gasteiger partial charge >= 0.3 is 0 Å². The van der Waals surface area contributed by atoms with Crippen molar-refractivity contribution in [3.63, 3.8) is 0 Å². The Morgan fingerprint density at radius 3 is 2.94 bits per heavy atom. The van der Waals surface area contributed by atoms with E-state index in [0.717, 1.165) is 31.7 Å². The van der Waals surface area contributed by atoms with Gasteiger partial charge in [0.15, 0.2) is 0 Å². The summed E-state index contributed by atoms with van der Waals surface area (Å²) in [5, 5.41) is 11.7. The zero-order chi connectivity index (χ0) is 11.8. The zero-order valence-corrected chi connectivity index (χ0v) is 11.3. The topological polar surface area (TPSA) is 42.7 Å². The van der Waals surface area contributed by atoms with E-state index in [-0.39, 0.29) is 0 Å². The van der Waals surface area contributed by atoms with E-state index in [4.69, 9.17) is 0 Å². The molecule has 92 valence electrons. The maximum absolute atomic E-state index is 4.14. The van der Waals surface area contributed by atoms with Crippen LogP contribution in [-0.2, 0) is 6.54 Å². The SMILES string of the molecule is CCCn1nncc1C(CCSC)NCC. The Hall–Kier alpha value is -0.550. The van der Waals surface area contributed by atoms with Gasteiger partial charge in [0.2, 0.25) is 0 Å². The number of aryl methyl sites for hydroxylation is 1. The lowest BCUT2D eigenvalue weighted by atomic mass is 10.1. The molecule has 0 amide bonds. The second kappa shape index (κ2) is 7.68. The molecule has 1 N–H and O–H groups in total. The maximum Gasteiger partial charge on any atom is 0.0756 e. The van der Waals surface area contributed by atoms with Crippen LogP contribution in [-0.4, -0.2) is 33.5 Å². The molecule has 5 heteroatoms. The van der Waals surface area contributed by atoms with Crippen LogP contribution < -0.4 is 5.32 Å². The number of hydrogen-bond acceptors (Lipinski definition) is 4. The van der Waals surface area contributed by atoms with E-state index < -0.39 is 0 Å². The lowest BCUT2D eigenvalue weighted by Gasteiger charge is -2.18. The number of rotatable bonds is 8. The Morgan fingerprint density at radius 1 is 1.50 bits per heavy atom. The summed E-state index contributed by atoms with van der Waals surface area (Å²) in [5.74, 6) is 1.16. The average molecular weight is 242 g/mol. The molecule has 0 radical (unpaired) electrons. The highest BCUT2D eigenvalue weighted by Crippen LogP contribution is 2.17. The molecule has 1 atom stereocenters. The Bertz CT molecular complexity index is 287. The summed E-state index contributed by atoms with van der Waals surface area (Å²) in [7, 11) is 0. The van der Waals surface area contributed by atoms with Crippen LogP contribution in [0.3, 0.4) is 0 Å². The Kier molecular flexibility index (Phi) is 6.49. The van der Waals surface area contributed by atoms with Crippen molar-refractivity contribution < 1.29 is 0 Å². The molecule has 4 nitrogen and oxygen atoms in total. The maximum atomic E-state index is 4.14. The van der Waals surface area contributed by atoms with Gasteiger partial charge in [0.1, 0.15) is 0 Å². The van der Waals surface area contributed by atoms with E-state index >= 15 is 0 Å². The smallest absolute Gasteiger partial charge is 0.0756 e. The minimum atomic E-state index is 0.388. The van der Waals surface area contributed by atoms with Gasteiger partial charge in [-0.2, -0.15) is 11.8 Å². The van der Waals surface area contributed by atoms with Gasteiger partial charge in [0, 0.05) is 6.54 Å². The van der Waals surface area contributed by atoms with Crippen molar-refractivity contribution in [3.8, 4) is 0 Å². The van der Waals surface area contributed by atoms with E-state index in [1.54, 1.807) is 0 Å². The lowest BCUT2D eigenvalue weighted by Crippen LogP contribution is -2.24. The van der Waals surface area contributed by atoms with Crippen molar-refractivity contribution in [2.24, 2.45) is 0 Å². The fourth-order valence-electron chi connectivity index (χ4n) is 1.76. The summed E-state index contributed by atoms with van der Waals surface area (Å²) < 4.78 is 2.02. The van der Waals surface area contributed by atoms with Gasteiger partial charge in [0.05, 0.1) is 17.9 Å². The molecule has 0 spiro atoms. The zero-order valence-electron chi connectivity index (χ0n) is 10.4. The van der Waals surface area contributed by atoms with Crippen LogP contribution in [0.5, 0.6) is 0 Å². The van der Waals surface area contributed by atoms with Crippen molar-refractivity contribution >= 4 is 11.8 Å². The van der Waals surface area contributed by atoms with E-state index in [0.29, 0.717) is 6.04 Å². The molecule has 1 heterocycles. The largest absolute Gasteiger partial charge is 0.309 e. The standard InChI is InChI=1S/C11H22N4S/c1-4-7-15-11(9-13-14-15)10(12-5-2)6-8-16-3/h9-10,12H,4-8H2,1-3H3. The van der Waals surface area contributed by atoms with Crippen LogP contribution in [0, 0.1) is 0 Å². The molecule has 0 aliphatic rings. The summed E-state index contributed by atoms with van der Waals surface area (Å²) >= 11 is 1.88. The molecule has 0 bridgehead atoms. The number of nitrogens with one attached hydrogen (secondary N) is 1. The van der Waals surface area contributed by atoms with Gasteiger partial charge in [-0.25, -0.2) is 4.68 Å². The summed E-state index contributed by atoms with van der Waals surface area (Å²) in [6, 6.07) is 0.388. The van der Waals surface area contributed by atoms with Gasteiger partial charge in [-0.3, -0.25) is 0 Å². The van der Waals surface area contributed by atoms with Gasteiger partial charge in [-0.1, -0.05) is 19.1 Å². The highest BCUT2D eigenvalue weighted by molar-refractivity contribution is 7.98. The van der Waals surface area contributed by atoms with E-state index in [9.17, 15) is 0 Å². The molecule has 0 aromatic carbocycles. The predicted octanol–water partition coefficient (Wildman–Crippen LogP) is 2.09. The first-order valence-electron chi connectivity index (χ1n) is 5.94. The summed E-state index contributed by atoms with van der Waals surface area (Å²) in [5.41, 5.74) is 1.22. The fraction of sp³-hybridized carbons (Fsp3) is 0.818. The van der Waals surface area contributed by atoms with Crippen LogP contribution in [0.4, 0.5) is 0 Å². The molecule has 0 saturated heterocycles. The van der Waals surface area contributed by atoms with Gasteiger partial charge in [0.25, 0.3) is 0 Å². The molecule has 1 aromatic rings. The van der Waals surface area contributed by atoms with Crippen molar-refractivity contribution in [1.29, 1.82) is 0 Å². The lowest BCUT2D eigenvalue weighted by molar-refractivity contribution is 0.469. The van der Waals surface area contributed by atoms with Crippen molar-refractivity contribution in [2.45, 2.75) is 39.3 Å². The molecular formula is C11H22N4S. The Balaban J connectivity index is 2.70. The number of thioether (sulfide) groups is 1. The van der Waals surface area contributed by atoms with Crippen LogP contribution in [0.15, 0.2) is 6.20 Å². The number of aromatic nitrogens is 3. The van der Waals surface area contributed by atoms with Gasteiger partial charge < -0.3 is 5.32 Å². The van der Waals surface area contributed by atoms with Gasteiger partial charge in [-0.05, 0) is 31.4 Å². The minimum absolute atomic E-state index is 0.388. The van der Waals surface area contributed by atoms with Gasteiger partial charge in [-0.15, -0.1) is 5.10 Å². The quantitative estimate of drug-likeness (QED) is 0.758. The fourth-order valence-corrected chi connectivity index (χ4v) is 2.23. The van der Waals surface area contributed by atoms with E-state index in [1.165, 1.54) is 5.69 Å². The molecule has 0 aliphatic heterocycles. The first-order chi connectivity index (χ1) is 7.83. The third-order valence-corrected chi connectivity index (χ3v) is 3.15. The minimum Gasteiger partial charge on any atom is -0.309 e. The van der Waals surface area contributed by atoms with Crippen molar-refractivity contribution in [3.05, 3.63) is 11.9 Å². The molecule has 0 fully saturated rings. The number of nitrogens with zero attached hydrogens (tertiary/aromatic N) is 3. The van der Waals surface area contributed by atoms with Crippen LogP contribution in [0.1, 0.15) is 38.4 Å². The monoisotopic (exact) mass is 242 g/mol. The molecule has 1 aromatic heterocycles. The third kappa shape index (κ3) is 3.79. The van der Waals surface area contributed by atoms with Crippen LogP contribution in [0.25, 0.3) is 0 Å². The second-order valence-corrected chi connectivity index (χ2v) is 4.76. The van der Waals surface area contributed by atoms with E-state index in [2.05, 4.69) is 35.7 Å². The first kappa shape index (κ1) is 13.5. The molecule has 0 aliphatic carbocycles. The van der Waals surface area contributed by atoms with Crippen LogP contribution in [0.2, 0.25) is 0 Å². The second-order valence-electron chi connectivity index (χ2n) is 3.77. The first-order valence-corrected chi connectivity index (χ1v) is 7.33. The molecule has 1 unspecified atom stereocenters. The van der Waals surface area contributed by atoms with Crippen LogP contribution >= 0.6 is 11.8 Å². The highest BCUT2D eigenvalue weighted by atomic mass is 32.2. The Morgan fingerprint density at radius 2 is 2.31 bits per heavy atom. The molecule has 16 heavy (non-hydrogen) atoms. The van der Waals surface area contributed by atoms with Crippen molar-refractivity contribution in [2.75, 3.05) is 18.6 Å². The molecule has 1 rings (SSSR count). The summed E-state index contributed by atoms with van der Waals surface area (Å²) in [4.78, 5) is 0.